The summed E-state index contributed by atoms with van der Waals surface area (Å²) in [6, 6.07) is 7.34. The second-order valence-electron chi connectivity index (χ2n) is 4.66. The Hall–Kier alpha value is -1.55. The van der Waals surface area contributed by atoms with E-state index in [-0.39, 0.29) is 5.97 Å². The van der Waals surface area contributed by atoms with Crippen LogP contribution in [-0.4, -0.2) is 26.2 Å². The Morgan fingerprint density at radius 2 is 2.06 bits per heavy atom. The van der Waals surface area contributed by atoms with Gasteiger partial charge in [-0.3, -0.25) is 0 Å². The number of benzene rings is 1. The van der Waals surface area contributed by atoms with E-state index in [1.54, 1.807) is 6.07 Å². The SMILES string of the molecule is COC(=O)c1ccccc1NCC(CN)C(C)C. The lowest BCUT2D eigenvalue weighted by molar-refractivity contribution is 0.0602. The smallest absolute Gasteiger partial charge is 0.339 e. The summed E-state index contributed by atoms with van der Waals surface area (Å²) in [6.45, 7) is 5.67. The molecule has 0 aliphatic heterocycles. The number of nitrogens with two attached hydrogens (primary N) is 1. The molecule has 0 aliphatic rings. The van der Waals surface area contributed by atoms with Gasteiger partial charge >= 0.3 is 5.97 Å². The Morgan fingerprint density at radius 3 is 2.61 bits per heavy atom. The molecule has 0 saturated carbocycles. The van der Waals surface area contributed by atoms with Gasteiger partial charge in [0, 0.05) is 12.2 Å². The molecule has 3 N–H and O–H groups in total. The zero-order valence-electron chi connectivity index (χ0n) is 11.3. The van der Waals surface area contributed by atoms with Crippen molar-refractivity contribution in [2.24, 2.45) is 17.6 Å². The number of rotatable bonds is 6. The Balaban J connectivity index is 2.75. The topological polar surface area (TPSA) is 64.3 Å². The van der Waals surface area contributed by atoms with Crippen molar-refractivity contribution in [3.05, 3.63) is 29.8 Å². The molecular weight excluding hydrogens is 228 g/mol. The van der Waals surface area contributed by atoms with Crippen molar-refractivity contribution in [3.8, 4) is 0 Å². The molecule has 18 heavy (non-hydrogen) atoms. The van der Waals surface area contributed by atoms with Crippen LogP contribution in [0.4, 0.5) is 5.69 Å². The average molecular weight is 250 g/mol. The van der Waals surface area contributed by atoms with Gasteiger partial charge in [0.15, 0.2) is 0 Å². The molecule has 4 nitrogen and oxygen atoms in total. The predicted octanol–water partition coefficient (Wildman–Crippen LogP) is 2.12. The quantitative estimate of drug-likeness (QED) is 0.759. The lowest BCUT2D eigenvalue weighted by Gasteiger charge is -2.20. The van der Waals surface area contributed by atoms with E-state index in [1.165, 1.54) is 7.11 Å². The minimum Gasteiger partial charge on any atom is -0.465 e. The van der Waals surface area contributed by atoms with Crippen LogP contribution in [0.1, 0.15) is 24.2 Å². The normalized spacial score (nSPS) is 12.3. The number of ether oxygens (including phenoxy) is 1. The molecule has 1 aromatic rings. The maximum atomic E-state index is 11.6. The minimum atomic E-state index is -0.327. The van der Waals surface area contributed by atoms with Crippen molar-refractivity contribution < 1.29 is 9.53 Å². The van der Waals surface area contributed by atoms with Gasteiger partial charge in [0.25, 0.3) is 0 Å². The summed E-state index contributed by atoms with van der Waals surface area (Å²) in [5.41, 5.74) is 7.08. The fourth-order valence-corrected chi connectivity index (χ4v) is 1.76. The molecule has 0 radical (unpaired) electrons. The fourth-order valence-electron chi connectivity index (χ4n) is 1.76. The first kappa shape index (κ1) is 14.5. The van der Waals surface area contributed by atoms with E-state index in [1.807, 2.05) is 18.2 Å². The monoisotopic (exact) mass is 250 g/mol. The predicted molar refractivity (Wildman–Crippen MR) is 73.7 cm³/mol. The van der Waals surface area contributed by atoms with Crippen LogP contribution in [0.5, 0.6) is 0 Å². The van der Waals surface area contributed by atoms with E-state index >= 15 is 0 Å². The number of nitrogens with one attached hydrogen (secondary N) is 1. The molecular formula is C14H22N2O2. The van der Waals surface area contributed by atoms with Crippen LogP contribution in [-0.2, 0) is 4.74 Å². The highest BCUT2D eigenvalue weighted by Crippen LogP contribution is 2.18. The van der Waals surface area contributed by atoms with Gasteiger partial charge < -0.3 is 15.8 Å². The van der Waals surface area contributed by atoms with Gasteiger partial charge in [-0.05, 0) is 30.5 Å². The third kappa shape index (κ3) is 3.74. The molecule has 0 aromatic heterocycles. The van der Waals surface area contributed by atoms with Crippen LogP contribution in [0.2, 0.25) is 0 Å². The second-order valence-corrected chi connectivity index (χ2v) is 4.66. The number of hydrogen-bond acceptors (Lipinski definition) is 4. The zero-order chi connectivity index (χ0) is 13.5. The van der Waals surface area contributed by atoms with Crippen LogP contribution < -0.4 is 11.1 Å². The summed E-state index contributed by atoms with van der Waals surface area (Å²) >= 11 is 0. The maximum absolute atomic E-state index is 11.6. The molecule has 1 rings (SSSR count). The molecule has 4 heteroatoms. The van der Waals surface area contributed by atoms with Crippen LogP contribution in [0.25, 0.3) is 0 Å². The highest BCUT2D eigenvalue weighted by Gasteiger charge is 2.14. The molecule has 0 fully saturated rings. The molecule has 0 bridgehead atoms. The summed E-state index contributed by atoms with van der Waals surface area (Å²) in [4.78, 5) is 11.6. The number of anilines is 1. The van der Waals surface area contributed by atoms with Crippen LogP contribution in [0, 0.1) is 11.8 Å². The van der Waals surface area contributed by atoms with Crippen LogP contribution in [0.3, 0.4) is 0 Å². The van der Waals surface area contributed by atoms with Gasteiger partial charge in [-0.1, -0.05) is 26.0 Å². The van der Waals surface area contributed by atoms with Gasteiger partial charge in [0.2, 0.25) is 0 Å². The van der Waals surface area contributed by atoms with Crippen LogP contribution >= 0.6 is 0 Å². The minimum absolute atomic E-state index is 0.327. The highest BCUT2D eigenvalue weighted by atomic mass is 16.5. The van der Waals surface area contributed by atoms with Gasteiger partial charge in [-0.15, -0.1) is 0 Å². The third-order valence-electron chi connectivity index (χ3n) is 3.13. The number of hydrogen-bond donors (Lipinski definition) is 2. The van der Waals surface area contributed by atoms with Crippen molar-refractivity contribution >= 4 is 11.7 Å². The van der Waals surface area contributed by atoms with E-state index < -0.39 is 0 Å². The summed E-state index contributed by atoms with van der Waals surface area (Å²) in [7, 11) is 1.38. The molecule has 0 amide bonds. The van der Waals surface area contributed by atoms with E-state index in [2.05, 4.69) is 19.2 Å². The molecule has 1 atom stereocenters. The second kappa shape index (κ2) is 7.01. The van der Waals surface area contributed by atoms with Gasteiger partial charge in [0.1, 0.15) is 0 Å². The van der Waals surface area contributed by atoms with Crippen molar-refractivity contribution in [1.82, 2.24) is 0 Å². The Morgan fingerprint density at radius 1 is 1.39 bits per heavy atom. The summed E-state index contributed by atoms with van der Waals surface area (Å²) in [5.74, 6) is 0.565. The van der Waals surface area contributed by atoms with Crippen molar-refractivity contribution in [2.45, 2.75) is 13.8 Å². The van der Waals surface area contributed by atoms with Crippen molar-refractivity contribution in [1.29, 1.82) is 0 Å². The number of methoxy groups -OCH3 is 1. The van der Waals surface area contributed by atoms with Gasteiger partial charge in [-0.25, -0.2) is 4.79 Å². The third-order valence-corrected chi connectivity index (χ3v) is 3.13. The number of carbonyl (C=O) groups is 1. The molecule has 1 unspecified atom stereocenters. The Labute approximate surface area is 109 Å². The Kier molecular flexibility index (Phi) is 5.65. The highest BCUT2D eigenvalue weighted by molar-refractivity contribution is 5.95. The average Bonchev–Trinajstić information content (AvgIpc) is 2.38. The molecule has 100 valence electrons. The van der Waals surface area contributed by atoms with Crippen LogP contribution in [0.15, 0.2) is 24.3 Å². The standard InChI is InChI=1S/C14H22N2O2/c1-10(2)11(8-15)9-16-13-7-5-4-6-12(13)14(17)18-3/h4-7,10-11,16H,8-9,15H2,1-3H3. The zero-order valence-corrected chi connectivity index (χ0v) is 11.3. The summed E-state index contributed by atoms with van der Waals surface area (Å²) < 4.78 is 4.75. The maximum Gasteiger partial charge on any atom is 0.339 e. The number of esters is 1. The first-order valence-corrected chi connectivity index (χ1v) is 6.21. The first-order valence-electron chi connectivity index (χ1n) is 6.21. The lowest BCUT2D eigenvalue weighted by Crippen LogP contribution is -2.27. The molecule has 1 aromatic carbocycles. The fraction of sp³-hybridized carbons (Fsp3) is 0.500. The molecule has 0 spiro atoms. The van der Waals surface area contributed by atoms with Crippen molar-refractivity contribution in [3.63, 3.8) is 0 Å². The number of para-hydroxylation sites is 1. The summed E-state index contributed by atoms with van der Waals surface area (Å²) in [5, 5.41) is 3.28. The van der Waals surface area contributed by atoms with E-state index in [4.69, 9.17) is 10.5 Å². The van der Waals surface area contributed by atoms with Gasteiger partial charge in [0.05, 0.1) is 12.7 Å². The summed E-state index contributed by atoms with van der Waals surface area (Å²) in [6.07, 6.45) is 0. The first-order chi connectivity index (χ1) is 8.60. The largest absolute Gasteiger partial charge is 0.465 e. The molecule has 0 aliphatic carbocycles. The van der Waals surface area contributed by atoms with Gasteiger partial charge in [-0.2, -0.15) is 0 Å². The number of carbonyl (C=O) groups excluding carboxylic acids is 1. The molecule has 0 saturated heterocycles. The van der Waals surface area contributed by atoms with E-state index in [0.29, 0.717) is 23.9 Å². The Bertz CT molecular complexity index is 391. The molecule has 0 heterocycles. The lowest BCUT2D eigenvalue weighted by atomic mass is 9.96. The van der Waals surface area contributed by atoms with Crippen molar-refractivity contribution in [2.75, 3.05) is 25.5 Å². The van der Waals surface area contributed by atoms with E-state index in [0.717, 1.165) is 12.2 Å². The van der Waals surface area contributed by atoms with E-state index in [9.17, 15) is 4.79 Å².